The van der Waals surface area contributed by atoms with Crippen LogP contribution in [0.2, 0.25) is 5.02 Å². The Kier molecular flexibility index (Phi) is 3.78. The minimum Gasteiger partial charge on any atom is -0.506 e. The van der Waals surface area contributed by atoms with Gasteiger partial charge in [-0.05, 0) is 31.0 Å². The molecule has 0 bridgehead atoms. The summed E-state index contributed by atoms with van der Waals surface area (Å²) in [5, 5.41) is 12.4. The number of hydrogen-bond donors (Lipinski definition) is 3. The number of carbonyl (C=O) groups excluding carboxylic acids is 1. The third-order valence-electron chi connectivity index (χ3n) is 3.64. The molecule has 1 saturated carbocycles. The number of phenols is 1. The van der Waals surface area contributed by atoms with Crippen LogP contribution in [0.15, 0.2) is 18.2 Å². The average molecular weight is 269 g/mol. The van der Waals surface area contributed by atoms with E-state index in [-0.39, 0.29) is 16.7 Å². The van der Waals surface area contributed by atoms with Gasteiger partial charge in [0.05, 0.1) is 10.4 Å². The van der Waals surface area contributed by atoms with Crippen molar-refractivity contribution >= 4 is 23.2 Å². The molecule has 0 unspecified atom stereocenters. The first-order valence-corrected chi connectivity index (χ1v) is 6.45. The Balaban J connectivity index is 2.13. The van der Waals surface area contributed by atoms with Gasteiger partial charge in [0.2, 0.25) is 5.91 Å². The largest absolute Gasteiger partial charge is 0.506 e. The second-order valence-corrected chi connectivity index (χ2v) is 5.22. The summed E-state index contributed by atoms with van der Waals surface area (Å²) in [6, 6.07) is 4.62. The van der Waals surface area contributed by atoms with Crippen molar-refractivity contribution < 1.29 is 9.90 Å². The van der Waals surface area contributed by atoms with Crippen molar-refractivity contribution in [1.29, 1.82) is 0 Å². The van der Waals surface area contributed by atoms with Gasteiger partial charge in [-0.3, -0.25) is 4.79 Å². The van der Waals surface area contributed by atoms with Crippen LogP contribution in [-0.4, -0.2) is 17.6 Å². The van der Waals surface area contributed by atoms with Gasteiger partial charge in [0.15, 0.2) is 0 Å². The molecule has 0 spiro atoms. The lowest BCUT2D eigenvalue weighted by Crippen LogP contribution is -2.40. The molecule has 0 atom stereocenters. The maximum Gasteiger partial charge on any atom is 0.231 e. The smallest absolute Gasteiger partial charge is 0.231 e. The summed E-state index contributed by atoms with van der Waals surface area (Å²) in [6.45, 7) is 0.366. The van der Waals surface area contributed by atoms with E-state index in [2.05, 4.69) is 5.32 Å². The summed E-state index contributed by atoms with van der Waals surface area (Å²) < 4.78 is 0. The van der Waals surface area contributed by atoms with E-state index in [4.69, 9.17) is 17.3 Å². The number of carbonyl (C=O) groups is 1. The molecule has 1 aromatic carbocycles. The van der Waals surface area contributed by atoms with Gasteiger partial charge in [-0.15, -0.1) is 0 Å². The number of anilines is 1. The summed E-state index contributed by atoms with van der Waals surface area (Å²) in [5.74, 6) is -0.0478. The third-order valence-corrected chi connectivity index (χ3v) is 3.94. The predicted octanol–water partition coefficient (Wildman–Crippen LogP) is 2.50. The number of nitrogens with one attached hydrogen (secondary N) is 1. The standard InChI is InChI=1S/C13H17ClN2O2/c14-10-7-9(3-4-11(10)17)16-12(18)13(8-15)5-1-2-6-13/h3-4,7,17H,1-2,5-6,8,15H2,(H,16,18). The molecular formula is C13H17ClN2O2. The average Bonchev–Trinajstić information content (AvgIpc) is 2.84. The first-order chi connectivity index (χ1) is 8.57. The lowest BCUT2D eigenvalue weighted by atomic mass is 9.85. The molecule has 4 N–H and O–H groups in total. The van der Waals surface area contributed by atoms with Crippen molar-refractivity contribution in [3.63, 3.8) is 0 Å². The monoisotopic (exact) mass is 268 g/mol. The Bertz CT molecular complexity index is 456. The zero-order valence-electron chi connectivity index (χ0n) is 10.1. The fourth-order valence-corrected chi connectivity index (χ4v) is 2.60. The van der Waals surface area contributed by atoms with Crippen molar-refractivity contribution in [1.82, 2.24) is 0 Å². The molecule has 1 aliphatic rings. The van der Waals surface area contributed by atoms with Gasteiger partial charge in [0.1, 0.15) is 5.75 Å². The number of nitrogens with two attached hydrogens (primary N) is 1. The highest BCUT2D eigenvalue weighted by Gasteiger charge is 2.39. The molecule has 1 fully saturated rings. The van der Waals surface area contributed by atoms with Gasteiger partial charge in [-0.2, -0.15) is 0 Å². The highest BCUT2D eigenvalue weighted by molar-refractivity contribution is 6.32. The molecule has 0 heterocycles. The van der Waals surface area contributed by atoms with E-state index < -0.39 is 5.41 Å². The molecule has 0 aromatic heterocycles. The number of hydrogen-bond acceptors (Lipinski definition) is 3. The maximum absolute atomic E-state index is 12.3. The SMILES string of the molecule is NCC1(C(=O)Nc2ccc(O)c(Cl)c2)CCCC1. The van der Waals surface area contributed by atoms with Crippen molar-refractivity contribution in [2.45, 2.75) is 25.7 Å². The molecule has 0 radical (unpaired) electrons. The summed E-state index contributed by atoms with van der Waals surface area (Å²) in [4.78, 5) is 12.3. The molecular weight excluding hydrogens is 252 g/mol. The zero-order valence-corrected chi connectivity index (χ0v) is 10.8. The van der Waals surface area contributed by atoms with Gasteiger partial charge in [-0.1, -0.05) is 24.4 Å². The zero-order chi connectivity index (χ0) is 13.2. The highest BCUT2D eigenvalue weighted by atomic mass is 35.5. The van der Waals surface area contributed by atoms with Gasteiger partial charge in [0.25, 0.3) is 0 Å². The maximum atomic E-state index is 12.3. The Morgan fingerprint density at radius 3 is 2.67 bits per heavy atom. The minimum absolute atomic E-state index is 0.00377. The Morgan fingerprint density at radius 2 is 2.11 bits per heavy atom. The number of phenolic OH excluding ortho intramolecular Hbond substituents is 1. The normalized spacial score (nSPS) is 17.7. The van der Waals surface area contributed by atoms with Crippen LogP contribution in [0.25, 0.3) is 0 Å². The van der Waals surface area contributed by atoms with E-state index >= 15 is 0 Å². The van der Waals surface area contributed by atoms with Crippen LogP contribution >= 0.6 is 11.6 Å². The molecule has 1 aliphatic carbocycles. The lowest BCUT2D eigenvalue weighted by molar-refractivity contribution is -0.124. The topological polar surface area (TPSA) is 75.4 Å². The predicted molar refractivity (Wildman–Crippen MR) is 71.7 cm³/mol. The number of amides is 1. The van der Waals surface area contributed by atoms with E-state index in [0.717, 1.165) is 25.7 Å². The first-order valence-electron chi connectivity index (χ1n) is 6.07. The lowest BCUT2D eigenvalue weighted by Gasteiger charge is -2.25. The Labute approximate surface area is 111 Å². The Morgan fingerprint density at radius 1 is 1.44 bits per heavy atom. The number of rotatable bonds is 3. The molecule has 0 saturated heterocycles. The quantitative estimate of drug-likeness (QED) is 0.737. The van der Waals surface area contributed by atoms with Gasteiger partial charge < -0.3 is 16.2 Å². The molecule has 98 valence electrons. The number of aromatic hydroxyl groups is 1. The minimum atomic E-state index is -0.440. The van der Waals surface area contributed by atoms with E-state index in [1.807, 2.05) is 0 Å². The highest BCUT2D eigenvalue weighted by Crippen LogP contribution is 2.38. The molecule has 1 amide bonds. The summed E-state index contributed by atoms with van der Waals surface area (Å²) in [7, 11) is 0. The van der Waals surface area contributed by atoms with Gasteiger partial charge >= 0.3 is 0 Å². The summed E-state index contributed by atoms with van der Waals surface area (Å²) in [5.41, 5.74) is 5.90. The second-order valence-electron chi connectivity index (χ2n) is 4.81. The second kappa shape index (κ2) is 5.16. The van der Waals surface area contributed by atoms with Crippen LogP contribution in [0.4, 0.5) is 5.69 Å². The van der Waals surface area contributed by atoms with E-state index in [1.54, 1.807) is 6.07 Å². The van der Waals surface area contributed by atoms with Crippen molar-refractivity contribution in [3.05, 3.63) is 23.2 Å². The third kappa shape index (κ3) is 2.44. The summed E-state index contributed by atoms with van der Waals surface area (Å²) in [6.07, 6.45) is 3.75. The number of benzene rings is 1. The van der Waals surface area contributed by atoms with Crippen LogP contribution in [0.1, 0.15) is 25.7 Å². The molecule has 0 aliphatic heterocycles. The van der Waals surface area contributed by atoms with Crippen molar-refractivity contribution in [3.8, 4) is 5.75 Å². The molecule has 1 aromatic rings. The molecule has 5 heteroatoms. The van der Waals surface area contributed by atoms with Crippen molar-refractivity contribution in [2.75, 3.05) is 11.9 Å². The van der Waals surface area contributed by atoms with Crippen LogP contribution < -0.4 is 11.1 Å². The van der Waals surface area contributed by atoms with Crippen LogP contribution in [0.5, 0.6) is 5.75 Å². The summed E-state index contributed by atoms with van der Waals surface area (Å²) >= 11 is 5.80. The van der Waals surface area contributed by atoms with Gasteiger partial charge in [-0.25, -0.2) is 0 Å². The van der Waals surface area contributed by atoms with E-state index in [9.17, 15) is 9.90 Å². The van der Waals surface area contributed by atoms with Crippen LogP contribution in [-0.2, 0) is 4.79 Å². The molecule has 4 nitrogen and oxygen atoms in total. The molecule has 2 rings (SSSR count). The van der Waals surface area contributed by atoms with E-state index in [1.165, 1.54) is 12.1 Å². The fourth-order valence-electron chi connectivity index (χ4n) is 2.42. The van der Waals surface area contributed by atoms with Gasteiger partial charge in [0, 0.05) is 12.2 Å². The van der Waals surface area contributed by atoms with E-state index in [0.29, 0.717) is 12.2 Å². The molecule has 18 heavy (non-hydrogen) atoms. The fraction of sp³-hybridized carbons (Fsp3) is 0.462. The Hall–Kier alpha value is -1.26. The van der Waals surface area contributed by atoms with Crippen LogP contribution in [0.3, 0.4) is 0 Å². The number of halogens is 1. The van der Waals surface area contributed by atoms with Crippen LogP contribution in [0, 0.1) is 5.41 Å². The van der Waals surface area contributed by atoms with Crippen molar-refractivity contribution in [2.24, 2.45) is 11.1 Å². The first kappa shape index (κ1) is 13.2.